The Morgan fingerprint density at radius 1 is 1.88 bits per heavy atom. The standard InChI is InChI=1S/C4H4ClNOS/c1-3-2-8-4(5)6(3)7/h2H,1H3. The number of hydrogen-bond acceptors (Lipinski definition) is 2. The zero-order valence-corrected chi connectivity index (χ0v) is 5.79. The molecule has 0 spiro atoms. The molecule has 0 N–H and O–H groups in total. The molecule has 0 atom stereocenters. The van der Waals surface area contributed by atoms with Crippen LogP contribution in [0.1, 0.15) is 5.69 Å². The predicted molar refractivity (Wildman–Crippen MR) is 33.0 cm³/mol. The third-order valence-electron chi connectivity index (χ3n) is 0.807. The molecule has 0 aliphatic heterocycles. The summed E-state index contributed by atoms with van der Waals surface area (Å²) in [5, 5.41) is 12.3. The van der Waals surface area contributed by atoms with Crippen LogP contribution in [-0.2, 0) is 0 Å². The van der Waals surface area contributed by atoms with Crippen molar-refractivity contribution < 1.29 is 4.73 Å². The van der Waals surface area contributed by atoms with Gasteiger partial charge in [-0.3, -0.25) is 0 Å². The molecule has 44 valence electrons. The molecule has 0 aliphatic carbocycles. The molecule has 8 heavy (non-hydrogen) atoms. The fourth-order valence-electron chi connectivity index (χ4n) is 0.368. The summed E-state index contributed by atoms with van der Waals surface area (Å²) in [5.74, 6) is 0. The van der Waals surface area contributed by atoms with E-state index in [2.05, 4.69) is 0 Å². The lowest BCUT2D eigenvalue weighted by Crippen LogP contribution is -2.27. The first kappa shape index (κ1) is 5.85. The Hall–Kier alpha value is -0.280. The van der Waals surface area contributed by atoms with Gasteiger partial charge in [-0.15, -0.1) is 4.73 Å². The molecule has 0 radical (unpaired) electrons. The Balaban J connectivity index is 3.19. The quantitative estimate of drug-likeness (QED) is 0.404. The Labute approximate surface area is 55.9 Å². The summed E-state index contributed by atoms with van der Waals surface area (Å²) < 4.78 is 0.981. The molecule has 0 aromatic carbocycles. The van der Waals surface area contributed by atoms with Gasteiger partial charge in [-0.2, -0.15) is 0 Å². The molecule has 0 aliphatic rings. The minimum Gasteiger partial charge on any atom is -0.617 e. The summed E-state index contributed by atoms with van der Waals surface area (Å²) in [7, 11) is 0. The molecule has 1 rings (SSSR count). The highest BCUT2D eigenvalue weighted by Gasteiger charge is 2.05. The fourth-order valence-corrected chi connectivity index (χ4v) is 1.24. The highest BCUT2D eigenvalue weighted by molar-refractivity contribution is 7.13. The van der Waals surface area contributed by atoms with Gasteiger partial charge in [0, 0.05) is 18.5 Å². The van der Waals surface area contributed by atoms with Crippen molar-refractivity contribution in [2.24, 2.45) is 0 Å². The molecule has 0 amide bonds. The molecule has 1 aromatic rings. The van der Waals surface area contributed by atoms with Crippen molar-refractivity contribution in [1.29, 1.82) is 0 Å². The van der Waals surface area contributed by atoms with Crippen molar-refractivity contribution in [2.45, 2.75) is 6.92 Å². The SMILES string of the molecule is Cc1csc(Cl)[n+]1[O-]. The van der Waals surface area contributed by atoms with Crippen molar-refractivity contribution >= 4 is 22.9 Å². The first-order chi connectivity index (χ1) is 3.72. The molecular weight excluding hydrogens is 146 g/mol. The number of rotatable bonds is 0. The molecule has 0 unspecified atom stereocenters. The van der Waals surface area contributed by atoms with Gasteiger partial charge in [0.15, 0.2) is 0 Å². The molecule has 4 heteroatoms. The van der Waals surface area contributed by atoms with Crippen molar-refractivity contribution in [1.82, 2.24) is 0 Å². The number of hydrogen-bond donors (Lipinski definition) is 0. The van der Waals surface area contributed by atoms with Crippen LogP contribution in [0.25, 0.3) is 0 Å². The molecule has 0 fully saturated rings. The van der Waals surface area contributed by atoms with Crippen LogP contribution < -0.4 is 4.73 Å². The van der Waals surface area contributed by atoms with E-state index < -0.39 is 0 Å². The number of aryl methyl sites for hydroxylation is 1. The van der Waals surface area contributed by atoms with Gasteiger partial charge in [0.25, 0.3) is 0 Å². The van der Waals surface area contributed by atoms with Crippen LogP contribution in [0.2, 0.25) is 4.47 Å². The molecule has 1 aromatic heterocycles. The molecule has 0 bridgehead atoms. The predicted octanol–water partition coefficient (Wildman–Crippen LogP) is 1.34. The topological polar surface area (TPSA) is 26.9 Å². The van der Waals surface area contributed by atoms with E-state index in [4.69, 9.17) is 11.6 Å². The largest absolute Gasteiger partial charge is 0.617 e. The van der Waals surface area contributed by atoms with E-state index >= 15 is 0 Å². The Bertz CT molecular complexity index is 178. The summed E-state index contributed by atoms with van der Waals surface area (Å²) >= 11 is 6.65. The summed E-state index contributed by atoms with van der Waals surface area (Å²) in [6.07, 6.45) is 0. The second-order valence-corrected chi connectivity index (χ2v) is 2.86. The molecular formula is C4H4ClNOS. The summed E-state index contributed by atoms with van der Waals surface area (Å²) in [6, 6.07) is 0. The lowest BCUT2D eigenvalue weighted by atomic mass is 10.6. The first-order valence-corrected chi connectivity index (χ1v) is 3.30. The minimum atomic E-state index is 0.280. The third-order valence-corrected chi connectivity index (χ3v) is 2.05. The average molecular weight is 150 g/mol. The van der Waals surface area contributed by atoms with Gasteiger partial charge in [0.1, 0.15) is 0 Å². The van der Waals surface area contributed by atoms with Crippen molar-refractivity contribution in [2.75, 3.05) is 0 Å². The molecule has 1 heterocycles. The zero-order chi connectivity index (χ0) is 6.15. The van der Waals surface area contributed by atoms with Crippen LogP contribution in [0, 0.1) is 12.1 Å². The molecule has 2 nitrogen and oxygen atoms in total. The maximum atomic E-state index is 10.6. The van der Waals surface area contributed by atoms with Crippen LogP contribution in [0.15, 0.2) is 5.38 Å². The number of halogens is 1. The monoisotopic (exact) mass is 149 g/mol. The van der Waals surface area contributed by atoms with Gasteiger partial charge in [-0.1, -0.05) is 11.3 Å². The number of aromatic nitrogens is 1. The van der Waals surface area contributed by atoms with Crippen molar-refractivity contribution in [3.63, 3.8) is 0 Å². The van der Waals surface area contributed by atoms with E-state index in [9.17, 15) is 5.21 Å². The average Bonchev–Trinajstić information content (AvgIpc) is 1.98. The first-order valence-electron chi connectivity index (χ1n) is 2.05. The van der Waals surface area contributed by atoms with Gasteiger partial charge in [0.2, 0.25) is 5.69 Å². The van der Waals surface area contributed by atoms with Crippen LogP contribution >= 0.6 is 22.9 Å². The van der Waals surface area contributed by atoms with Crippen LogP contribution in [0.5, 0.6) is 0 Å². The summed E-state index contributed by atoms with van der Waals surface area (Å²) in [4.78, 5) is 0. The Kier molecular flexibility index (Phi) is 1.40. The van der Waals surface area contributed by atoms with Gasteiger partial charge in [0.05, 0.1) is 5.38 Å². The lowest BCUT2D eigenvalue weighted by molar-refractivity contribution is -0.604. The van der Waals surface area contributed by atoms with E-state index in [1.54, 1.807) is 12.3 Å². The zero-order valence-electron chi connectivity index (χ0n) is 4.22. The summed E-state index contributed by atoms with van der Waals surface area (Å²) in [6.45, 7) is 1.72. The van der Waals surface area contributed by atoms with E-state index in [1.807, 2.05) is 0 Å². The van der Waals surface area contributed by atoms with Crippen LogP contribution in [-0.4, -0.2) is 0 Å². The normalized spacial score (nSPS) is 9.75. The van der Waals surface area contributed by atoms with Gasteiger partial charge >= 0.3 is 4.47 Å². The summed E-state index contributed by atoms with van der Waals surface area (Å²) in [5.41, 5.74) is 0.653. The molecule has 0 saturated carbocycles. The van der Waals surface area contributed by atoms with Crippen molar-refractivity contribution in [3.8, 4) is 0 Å². The van der Waals surface area contributed by atoms with Gasteiger partial charge in [-0.25, -0.2) is 0 Å². The number of nitrogens with zero attached hydrogens (tertiary/aromatic N) is 1. The minimum absolute atomic E-state index is 0.280. The highest BCUT2D eigenvalue weighted by atomic mass is 35.5. The van der Waals surface area contributed by atoms with E-state index in [0.717, 1.165) is 0 Å². The Morgan fingerprint density at radius 2 is 2.50 bits per heavy atom. The smallest absolute Gasteiger partial charge is 0.344 e. The van der Waals surface area contributed by atoms with E-state index in [1.165, 1.54) is 11.3 Å². The fraction of sp³-hybridized carbons (Fsp3) is 0.250. The third kappa shape index (κ3) is 0.788. The Morgan fingerprint density at radius 3 is 2.62 bits per heavy atom. The van der Waals surface area contributed by atoms with Gasteiger partial charge in [-0.05, 0) is 0 Å². The second kappa shape index (κ2) is 1.91. The van der Waals surface area contributed by atoms with E-state index in [0.29, 0.717) is 10.4 Å². The van der Waals surface area contributed by atoms with Crippen LogP contribution in [0.3, 0.4) is 0 Å². The lowest BCUT2D eigenvalue weighted by Gasteiger charge is -1.89. The van der Waals surface area contributed by atoms with Crippen molar-refractivity contribution in [3.05, 3.63) is 20.7 Å². The van der Waals surface area contributed by atoms with E-state index in [-0.39, 0.29) is 4.47 Å². The molecule has 0 saturated heterocycles. The maximum Gasteiger partial charge on any atom is 0.344 e. The number of thiazole rings is 1. The highest BCUT2D eigenvalue weighted by Crippen LogP contribution is 2.10. The second-order valence-electron chi connectivity index (χ2n) is 1.42. The maximum absolute atomic E-state index is 10.6. The van der Waals surface area contributed by atoms with Crippen LogP contribution in [0.4, 0.5) is 0 Å². The van der Waals surface area contributed by atoms with Gasteiger partial charge < -0.3 is 5.21 Å².